The smallest absolute Gasteiger partial charge is 0.407 e. The van der Waals surface area contributed by atoms with Gasteiger partial charge in [0.05, 0.1) is 13.2 Å². The summed E-state index contributed by atoms with van der Waals surface area (Å²) >= 11 is 0. The van der Waals surface area contributed by atoms with Gasteiger partial charge in [-0.25, -0.2) is 9.59 Å². The van der Waals surface area contributed by atoms with E-state index in [1.165, 1.54) is 32.1 Å². The highest BCUT2D eigenvalue weighted by Gasteiger charge is 2.34. The summed E-state index contributed by atoms with van der Waals surface area (Å²) in [6.07, 6.45) is 7.61. The minimum atomic E-state index is -0.703. The van der Waals surface area contributed by atoms with Crippen LogP contribution in [0.2, 0.25) is 0 Å². The molecule has 0 aliphatic heterocycles. The molecule has 1 atom stereocenters. The Kier molecular flexibility index (Phi) is 11.5. The second kappa shape index (κ2) is 12.2. The van der Waals surface area contributed by atoms with Crippen LogP contribution < -0.4 is 5.32 Å². The van der Waals surface area contributed by atoms with E-state index in [1.807, 2.05) is 20.8 Å². The molecular weight excluding hydrogens is 294 g/mol. The molecule has 0 rings (SSSR count). The predicted octanol–water partition coefficient (Wildman–Crippen LogP) is 4.44. The number of hydrogen-bond acceptors (Lipinski definition) is 4. The number of unbranched alkanes of at least 4 members (excludes halogenated alkanes) is 6. The van der Waals surface area contributed by atoms with E-state index >= 15 is 0 Å². The van der Waals surface area contributed by atoms with Crippen molar-refractivity contribution in [1.82, 2.24) is 5.32 Å². The van der Waals surface area contributed by atoms with Gasteiger partial charge in [-0.1, -0.05) is 66.2 Å². The lowest BCUT2D eigenvalue weighted by Crippen LogP contribution is -2.50. The summed E-state index contributed by atoms with van der Waals surface area (Å²) in [5.41, 5.74) is -0.427. The van der Waals surface area contributed by atoms with E-state index in [9.17, 15) is 9.59 Å². The van der Waals surface area contributed by atoms with Crippen molar-refractivity contribution in [3.63, 3.8) is 0 Å². The first kappa shape index (κ1) is 21.7. The van der Waals surface area contributed by atoms with Crippen molar-refractivity contribution >= 4 is 12.1 Å². The topological polar surface area (TPSA) is 64.6 Å². The molecule has 5 heteroatoms. The Hall–Kier alpha value is -1.26. The zero-order chi connectivity index (χ0) is 17.7. The molecule has 5 nitrogen and oxygen atoms in total. The second-order valence-corrected chi connectivity index (χ2v) is 6.95. The number of hydrogen-bond donors (Lipinski definition) is 1. The van der Waals surface area contributed by atoms with E-state index in [2.05, 4.69) is 12.2 Å². The maximum atomic E-state index is 12.2. The Morgan fingerprint density at radius 3 is 2.00 bits per heavy atom. The third-order valence-corrected chi connectivity index (χ3v) is 3.63. The maximum absolute atomic E-state index is 12.2. The van der Waals surface area contributed by atoms with E-state index in [4.69, 9.17) is 9.47 Å². The second-order valence-electron chi connectivity index (χ2n) is 6.95. The maximum Gasteiger partial charge on any atom is 0.407 e. The molecule has 1 unspecified atom stereocenters. The first-order valence-corrected chi connectivity index (χ1v) is 8.92. The van der Waals surface area contributed by atoms with Crippen LogP contribution in [0.3, 0.4) is 0 Å². The molecule has 0 radical (unpaired) electrons. The number of alkyl carbamates (subject to hydrolysis) is 1. The lowest BCUT2D eigenvalue weighted by molar-refractivity contribution is -0.149. The van der Waals surface area contributed by atoms with E-state index in [-0.39, 0.29) is 6.61 Å². The Labute approximate surface area is 141 Å². The molecule has 0 spiro atoms. The molecule has 0 saturated heterocycles. The lowest BCUT2D eigenvalue weighted by Gasteiger charge is -2.29. The van der Waals surface area contributed by atoms with E-state index in [0.29, 0.717) is 6.61 Å². The van der Waals surface area contributed by atoms with Crippen LogP contribution in [-0.2, 0) is 14.3 Å². The average Bonchev–Trinajstić information content (AvgIpc) is 2.46. The van der Waals surface area contributed by atoms with Gasteiger partial charge in [-0.05, 0) is 18.8 Å². The zero-order valence-electron chi connectivity index (χ0n) is 15.6. The summed E-state index contributed by atoms with van der Waals surface area (Å²) in [5, 5.41) is 2.60. The lowest BCUT2D eigenvalue weighted by atomic mass is 9.87. The van der Waals surface area contributed by atoms with Crippen molar-refractivity contribution < 1.29 is 19.1 Å². The summed E-state index contributed by atoms with van der Waals surface area (Å²) in [5.74, 6) is -0.392. The third-order valence-electron chi connectivity index (χ3n) is 3.63. The first-order valence-electron chi connectivity index (χ1n) is 8.92. The standard InChI is InChI=1S/C18H35NO4/c1-6-8-9-10-11-12-13-14-23-16(20)15(18(3,4)5)19-17(21)22-7-2/h15H,6-14H2,1-5H3,(H,19,21). The molecule has 0 fully saturated rings. The summed E-state index contributed by atoms with van der Waals surface area (Å²) in [7, 11) is 0. The number of amides is 1. The molecule has 0 saturated carbocycles. The van der Waals surface area contributed by atoms with Crippen LogP contribution in [0.5, 0.6) is 0 Å². The van der Waals surface area contributed by atoms with Crippen molar-refractivity contribution in [3.8, 4) is 0 Å². The average molecular weight is 329 g/mol. The Balaban J connectivity index is 4.08. The largest absolute Gasteiger partial charge is 0.464 e. The van der Waals surface area contributed by atoms with Gasteiger partial charge in [-0.2, -0.15) is 0 Å². The highest BCUT2D eigenvalue weighted by atomic mass is 16.6. The van der Waals surface area contributed by atoms with Gasteiger partial charge in [0.1, 0.15) is 6.04 Å². The monoisotopic (exact) mass is 329 g/mol. The fraction of sp³-hybridized carbons (Fsp3) is 0.889. The molecule has 1 amide bonds. The summed E-state index contributed by atoms with van der Waals surface area (Å²) in [6.45, 7) is 10.3. The number of carbonyl (C=O) groups excluding carboxylic acids is 2. The molecular formula is C18H35NO4. The van der Waals surface area contributed by atoms with Gasteiger partial charge in [0, 0.05) is 0 Å². The van der Waals surface area contributed by atoms with Crippen LogP contribution in [0, 0.1) is 5.41 Å². The molecule has 1 N–H and O–H groups in total. The van der Waals surface area contributed by atoms with Crippen molar-refractivity contribution in [2.45, 2.75) is 85.6 Å². The normalized spacial score (nSPS) is 12.6. The Morgan fingerprint density at radius 2 is 1.48 bits per heavy atom. The molecule has 0 heterocycles. The molecule has 0 aliphatic carbocycles. The number of nitrogens with one attached hydrogen (secondary N) is 1. The van der Waals surface area contributed by atoms with Crippen molar-refractivity contribution in [1.29, 1.82) is 0 Å². The van der Waals surface area contributed by atoms with Gasteiger partial charge in [0.15, 0.2) is 0 Å². The van der Waals surface area contributed by atoms with Gasteiger partial charge in [0.25, 0.3) is 0 Å². The Morgan fingerprint density at radius 1 is 0.913 bits per heavy atom. The van der Waals surface area contributed by atoms with Gasteiger partial charge in [-0.15, -0.1) is 0 Å². The van der Waals surface area contributed by atoms with Gasteiger partial charge in [0.2, 0.25) is 0 Å². The van der Waals surface area contributed by atoms with E-state index in [0.717, 1.165) is 12.8 Å². The SMILES string of the molecule is CCCCCCCCCOC(=O)C(NC(=O)OCC)C(C)(C)C. The summed E-state index contributed by atoms with van der Waals surface area (Å²) in [6, 6.07) is -0.703. The fourth-order valence-corrected chi connectivity index (χ4v) is 2.23. The zero-order valence-corrected chi connectivity index (χ0v) is 15.6. The molecule has 0 bridgehead atoms. The molecule has 0 aliphatic rings. The van der Waals surface area contributed by atoms with Crippen LogP contribution in [-0.4, -0.2) is 31.3 Å². The van der Waals surface area contributed by atoms with Crippen LogP contribution in [0.4, 0.5) is 4.79 Å². The van der Waals surface area contributed by atoms with Crippen molar-refractivity contribution in [2.24, 2.45) is 5.41 Å². The van der Waals surface area contributed by atoms with Crippen LogP contribution in [0.15, 0.2) is 0 Å². The summed E-state index contributed by atoms with van der Waals surface area (Å²) < 4.78 is 10.2. The number of rotatable bonds is 11. The van der Waals surface area contributed by atoms with E-state index in [1.54, 1.807) is 6.92 Å². The molecule has 23 heavy (non-hydrogen) atoms. The van der Waals surface area contributed by atoms with Crippen molar-refractivity contribution in [3.05, 3.63) is 0 Å². The van der Waals surface area contributed by atoms with Gasteiger partial charge in [-0.3, -0.25) is 0 Å². The van der Waals surface area contributed by atoms with Crippen LogP contribution in [0.25, 0.3) is 0 Å². The van der Waals surface area contributed by atoms with E-state index < -0.39 is 23.5 Å². The highest BCUT2D eigenvalue weighted by molar-refractivity contribution is 5.82. The fourth-order valence-electron chi connectivity index (χ4n) is 2.23. The first-order chi connectivity index (χ1) is 10.8. The Bertz CT molecular complexity index is 336. The quantitative estimate of drug-likeness (QED) is 0.449. The van der Waals surface area contributed by atoms with Gasteiger partial charge >= 0.3 is 12.1 Å². The summed E-state index contributed by atoms with van der Waals surface area (Å²) in [4.78, 5) is 23.8. The number of ether oxygens (including phenoxy) is 2. The number of carbonyl (C=O) groups is 2. The van der Waals surface area contributed by atoms with Gasteiger partial charge < -0.3 is 14.8 Å². The minimum absolute atomic E-state index is 0.274. The number of esters is 1. The van der Waals surface area contributed by atoms with Crippen LogP contribution in [0.1, 0.15) is 79.6 Å². The molecule has 0 aromatic heterocycles. The molecule has 136 valence electrons. The molecule has 0 aromatic carbocycles. The highest BCUT2D eigenvalue weighted by Crippen LogP contribution is 2.21. The minimum Gasteiger partial charge on any atom is -0.464 e. The van der Waals surface area contributed by atoms with Crippen molar-refractivity contribution in [2.75, 3.05) is 13.2 Å². The molecule has 0 aromatic rings. The predicted molar refractivity (Wildman–Crippen MR) is 92.4 cm³/mol. The van der Waals surface area contributed by atoms with Crippen LogP contribution >= 0.6 is 0 Å². The third kappa shape index (κ3) is 11.0.